The minimum atomic E-state index is -0.970. The van der Waals surface area contributed by atoms with Gasteiger partial charge in [0.15, 0.2) is 0 Å². The third-order valence-electron chi connectivity index (χ3n) is 3.11. The normalized spacial score (nSPS) is 26.6. The van der Waals surface area contributed by atoms with Gasteiger partial charge in [-0.15, -0.1) is 11.8 Å². The molecule has 0 bridgehead atoms. The molecule has 6 heteroatoms. The van der Waals surface area contributed by atoms with Crippen LogP contribution in [0, 0.1) is 0 Å². The van der Waals surface area contributed by atoms with Gasteiger partial charge in [0.25, 0.3) is 0 Å². The van der Waals surface area contributed by atoms with Crippen LogP contribution in [0.4, 0.5) is 0 Å². The van der Waals surface area contributed by atoms with Crippen LogP contribution in [0.3, 0.4) is 0 Å². The minimum Gasteiger partial charge on any atom is -0.480 e. The zero-order valence-electron chi connectivity index (χ0n) is 9.85. The van der Waals surface area contributed by atoms with Crippen molar-refractivity contribution in [3.63, 3.8) is 0 Å². The molecule has 0 aromatic heterocycles. The van der Waals surface area contributed by atoms with Crippen molar-refractivity contribution in [3.8, 4) is 0 Å². The average Bonchev–Trinajstić information content (AvgIpc) is 2.74. The van der Waals surface area contributed by atoms with Crippen molar-refractivity contribution in [2.45, 2.75) is 30.6 Å². The van der Waals surface area contributed by atoms with E-state index in [4.69, 9.17) is 9.84 Å². The number of aliphatic carboxylic acids is 1. The molecule has 0 spiro atoms. The SMILES string of the molecule is CC1(OCC(=O)O)CN(C(=O)C2CCCS2)C1. The van der Waals surface area contributed by atoms with Gasteiger partial charge in [0, 0.05) is 0 Å². The molecular weight excluding hydrogens is 242 g/mol. The van der Waals surface area contributed by atoms with Crippen LogP contribution in [0.1, 0.15) is 19.8 Å². The molecule has 2 heterocycles. The zero-order chi connectivity index (χ0) is 12.5. The molecule has 96 valence electrons. The Labute approximate surface area is 104 Å². The second kappa shape index (κ2) is 4.86. The molecule has 5 nitrogen and oxygen atoms in total. The lowest BCUT2D eigenvalue weighted by atomic mass is 9.95. The van der Waals surface area contributed by atoms with Gasteiger partial charge in [-0.25, -0.2) is 4.79 Å². The lowest BCUT2D eigenvalue weighted by Crippen LogP contribution is -2.64. The maximum Gasteiger partial charge on any atom is 0.329 e. The summed E-state index contributed by atoms with van der Waals surface area (Å²) in [5.74, 6) is 0.281. The van der Waals surface area contributed by atoms with Crippen LogP contribution in [0.15, 0.2) is 0 Å². The Balaban J connectivity index is 1.77. The van der Waals surface area contributed by atoms with Crippen molar-refractivity contribution in [2.24, 2.45) is 0 Å². The summed E-state index contributed by atoms with van der Waals surface area (Å²) in [5, 5.41) is 8.65. The molecule has 2 aliphatic heterocycles. The van der Waals surface area contributed by atoms with E-state index < -0.39 is 11.6 Å². The number of nitrogens with zero attached hydrogens (tertiary/aromatic N) is 1. The highest BCUT2D eigenvalue weighted by molar-refractivity contribution is 8.00. The smallest absolute Gasteiger partial charge is 0.329 e. The highest BCUT2D eigenvalue weighted by atomic mass is 32.2. The largest absolute Gasteiger partial charge is 0.480 e. The summed E-state index contributed by atoms with van der Waals surface area (Å²) in [6.45, 7) is 2.57. The van der Waals surface area contributed by atoms with E-state index in [1.807, 2.05) is 6.92 Å². The van der Waals surface area contributed by atoms with Gasteiger partial charge >= 0.3 is 5.97 Å². The van der Waals surface area contributed by atoms with Gasteiger partial charge < -0.3 is 14.7 Å². The third kappa shape index (κ3) is 2.93. The third-order valence-corrected chi connectivity index (χ3v) is 4.48. The van der Waals surface area contributed by atoms with Crippen molar-refractivity contribution in [1.82, 2.24) is 4.90 Å². The number of carboxylic acid groups (broad SMARTS) is 1. The van der Waals surface area contributed by atoms with Gasteiger partial charge in [0.2, 0.25) is 5.91 Å². The zero-order valence-corrected chi connectivity index (χ0v) is 10.7. The van der Waals surface area contributed by atoms with Crippen LogP contribution >= 0.6 is 11.8 Å². The van der Waals surface area contributed by atoms with E-state index in [0.29, 0.717) is 13.1 Å². The molecule has 1 amide bonds. The summed E-state index contributed by atoms with van der Waals surface area (Å²) in [4.78, 5) is 24.2. The van der Waals surface area contributed by atoms with Crippen LogP contribution in [-0.2, 0) is 14.3 Å². The number of likely N-dealkylation sites (tertiary alicyclic amines) is 1. The van der Waals surface area contributed by atoms with Gasteiger partial charge in [0.1, 0.15) is 12.2 Å². The Morgan fingerprint density at radius 3 is 2.76 bits per heavy atom. The number of rotatable bonds is 4. The molecule has 17 heavy (non-hydrogen) atoms. The molecule has 1 atom stereocenters. The molecule has 0 aliphatic carbocycles. The first-order valence-corrected chi connectivity index (χ1v) is 6.81. The van der Waals surface area contributed by atoms with E-state index in [1.54, 1.807) is 16.7 Å². The second-order valence-corrected chi connectivity index (χ2v) is 6.14. The van der Waals surface area contributed by atoms with E-state index in [-0.39, 0.29) is 17.8 Å². The van der Waals surface area contributed by atoms with Crippen molar-refractivity contribution in [2.75, 3.05) is 25.4 Å². The predicted octanol–water partition coefficient (Wildman–Crippen LogP) is 0.584. The van der Waals surface area contributed by atoms with Gasteiger partial charge in [-0.3, -0.25) is 4.79 Å². The monoisotopic (exact) mass is 259 g/mol. The fraction of sp³-hybridized carbons (Fsp3) is 0.818. The Morgan fingerprint density at radius 2 is 2.24 bits per heavy atom. The lowest BCUT2D eigenvalue weighted by Gasteiger charge is -2.47. The summed E-state index contributed by atoms with van der Waals surface area (Å²) < 4.78 is 5.27. The molecule has 0 aromatic carbocycles. The van der Waals surface area contributed by atoms with Crippen molar-refractivity contribution >= 4 is 23.6 Å². The summed E-state index contributed by atoms with van der Waals surface area (Å²) >= 11 is 1.72. The Hall–Kier alpha value is -0.750. The average molecular weight is 259 g/mol. The maximum absolute atomic E-state index is 12.0. The minimum absolute atomic E-state index is 0.110. The second-order valence-electron chi connectivity index (χ2n) is 4.83. The summed E-state index contributed by atoms with van der Waals surface area (Å²) in [5.41, 5.74) is -0.475. The van der Waals surface area contributed by atoms with E-state index in [2.05, 4.69) is 0 Å². The molecular formula is C11H17NO4S. The first-order valence-electron chi connectivity index (χ1n) is 5.76. The fourth-order valence-corrected chi connectivity index (χ4v) is 3.46. The molecule has 1 unspecified atom stereocenters. The number of thioether (sulfide) groups is 1. The van der Waals surface area contributed by atoms with Crippen molar-refractivity contribution in [1.29, 1.82) is 0 Å². The van der Waals surface area contributed by atoms with Gasteiger partial charge in [-0.1, -0.05) is 0 Å². The fourth-order valence-electron chi connectivity index (χ4n) is 2.22. The highest BCUT2D eigenvalue weighted by Crippen LogP contribution is 2.32. The van der Waals surface area contributed by atoms with E-state index in [1.165, 1.54) is 0 Å². The quantitative estimate of drug-likeness (QED) is 0.800. The molecule has 2 rings (SSSR count). The summed E-state index contributed by atoms with van der Waals surface area (Å²) in [6.07, 6.45) is 2.08. The number of hydrogen-bond donors (Lipinski definition) is 1. The van der Waals surface area contributed by atoms with Gasteiger partial charge in [-0.05, 0) is 25.5 Å². The molecule has 2 aliphatic rings. The maximum atomic E-state index is 12.0. The number of carbonyl (C=O) groups excluding carboxylic acids is 1. The topological polar surface area (TPSA) is 66.8 Å². The Morgan fingerprint density at radius 1 is 1.53 bits per heavy atom. The highest BCUT2D eigenvalue weighted by Gasteiger charge is 2.44. The first kappa shape index (κ1) is 12.7. The Kier molecular flexibility index (Phi) is 3.63. The molecule has 0 aromatic rings. The van der Waals surface area contributed by atoms with E-state index >= 15 is 0 Å². The summed E-state index contributed by atoms with van der Waals surface area (Å²) in [7, 11) is 0. The number of amides is 1. The standard InChI is InChI=1S/C11H17NO4S/c1-11(16-5-9(13)14)6-12(7-11)10(15)8-3-2-4-17-8/h8H,2-7H2,1H3,(H,13,14). The van der Waals surface area contributed by atoms with Crippen LogP contribution in [0.5, 0.6) is 0 Å². The first-order chi connectivity index (χ1) is 8.00. The van der Waals surface area contributed by atoms with Crippen LogP contribution in [0.2, 0.25) is 0 Å². The predicted molar refractivity (Wildman–Crippen MR) is 64.1 cm³/mol. The molecule has 0 saturated carbocycles. The molecule has 2 fully saturated rings. The number of hydrogen-bond acceptors (Lipinski definition) is 4. The molecule has 2 saturated heterocycles. The lowest BCUT2D eigenvalue weighted by molar-refractivity contribution is -0.173. The molecule has 1 N–H and O–H groups in total. The number of carboxylic acids is 1. The van der Waals surface area contributed by atoms with E-state index in [9.17, 15) is 9.59 Å². The van der Waals surface area contributed by atoms with Crippen LogP contribution in [-0.4, -0.2) is 58.2 Å². The van der Waals surface area contributed by atoms with Crippen LogP contribution < -0.4 is 0 Å². The van der Waals surface area contributed by atoms with Crippen LogP contribution in [0.25, 0.3) is 0 Å². The number of carbonyl (C=O) groups is 2. The van der Waals surface area contributed by atoms with E-state index in [0.717, 1.165) is 18.6 Å². The van der Waals surface area contributed by atoms with Crippen molar-refractivity contribution < 1.29 is 19.4 Å². The van der Waals surface area contributed by atoms with Gasteiger partial charge in [-0.2, -0.15) is 0 Å². The summed E-state index contributed by atoms with van der Waals surface area (Å²) in [6, 6.07) is 0. The molecule has 0 radical (unpaired) electrons. The van der Waals surface area contributed by atoms with Gasteiger partial charge in [0.05, 0.1) is 18.3 Å². The Bertz CT molecular complexity index is 321. The van der Waals surface area contributed by atoms with Crippen molar-refractivity contribution in [3.05, 3.63) is 0 Å². The number of ether oxygens (including phenoxy) is 1.